The summed E-state index contributed by atoms with van der Waals surface area (Å²) in [5, 5.41) is 1.60. The highest BCUT2D eigenvalue weighted by molar-refractivity contribution is 6.88. The van der Waals surface area contributed by atoms with Crippen LogP contribution < -0.4 is 9.75 Å². The van der Waals surface area contributed by atoms with Crippen molar-refractivity contribution in [2.75, 3.05) is 0 Å². The molecule has 0 fully saturated rings. The van der Waals surface area contributed by atoms with Crippen LogP contribution in [0.15, 0.2) is 36.5 Å². The third kappa shape index (κ3) is 3.67. The number of aryl methyl sites for hydroxylation is 2. The molecule has 1 nitrogen and oxygen atoms in total. The summed E-state index contributed by atoms with van der Waals surface area (Å²) in [5.41, 5.74) is 5.56. The van der Waals surface area contributed by atoms with Crippen LogP contribution in [0, 0.1) is 12.8 Å². The zero-order valence-corrected chi connectivity index (χ0v) is 16.2. The van der Waals surface area contributed by atoms with E-state index in [0.717, 1.165) is 0 Å². The van der Waals surface area contributed by atoms with Crippen LogP contribution in [0.25, 0.3) is 11.3 Å². The molecule has 0 saturated heterocycles. The molecule has 0 atom stereocenters. The number of benzene rings is 1. The van der Waals surface area contributed by atoms with Gasteiger partial charge in [-0.1, -0.05) is 51.7 Å². The van der Waals surface area contributed by atoms with E-state index in [0.29, 0.717) is 5.92 Å². The Balaban J connectivity index is 2.65. The Morgan fingerprint density at radius 3 is 2.27 bits per heavy atom. The molecule has 2 heteroatoms. The van der Waals surface area contributed by atoms with Crippen molar-refractivity contribution in [3.63, 3.8) is 0 Å². The molecular weight excluding hydrogens is 282 g/mol. The minimum atomic E-state index is -1.33. The van der Waals surface area contributed by atoms with Crippen molar-refractivity contribution in [3.05, 3.63) is 47.7 Å². The Morgan fingerprint density at radius 2 is 1.73 bits per heavy atom. The van der Waals surface area contributed by atoms with E-state index in [9.17, 15) is 0 Å². The number of hydrogen-bond donors (Lipinski definition) is 0. The van der Waals surface area contributed by atoms with Gasteiger partial charge in [0.1, 0.15) is 7.05 Å². The Kier molecular flexibility index (Phi) is 4.91. The summed E-state index contributed by atoms with van der Waals surface area (Å²) in [6.45, 7) is 14.2. The number of aromatic nitrogens is 1. The Bertz CT molecular complexity index is 666. The third-order valence-electron chi connectivity index (χ3n) is 4.22. The molecule has 0 N–H and O–H groups in total. The molecule has 1 aromatic heterocycles. The van der Waals surface area contributed by atoms with Crippen molar-refractivity contribution in [3.8, 4) is 11.3 Å². The van der Waals surface area contributed by atoms with Crippen LogP contribution >= 0.6 is 0 Å². The van der Waals surface area contributed by atoms with Crippen molar-refractivity contribution in [2.45, 2.75) is 46.8 Å². The lowest BCUT2D eigenvalue weighted by molar-refractivity contribution is -0.659. The maximum Gasteiger partial charge on any atom is 0.212 e. The van der Waals surface area contributed by atoms with Gasteiger partial charge in [0.2, 0.25) is 5.69 Å². The monoisotopic (exact) mass is 312 g/mol. The van der Waals surface area contributed by atoms with Crippen molar-refractivity contribution < 1.29 is 4.57 Å². The summed E-state index contributed by atoms with van der Waals surface area (Å²) in [4.78, 5) is 0. The highest BCUT2D eigenvalue weighted by atomic mass is 28.3. The highest BCUT2D eigenvalue weighted by Crippen LogP contribution is 2.22. The van der Waals surface area contributed by atoms with Gasteiger partial charge in [-0.05, 0) is 36.5 Å². The molecule has 22 heavy (non-hydrogen) atoms. The summed E-state index contributed by atoms with van der Waals surface area (Å²) in [5.74, 6) is 0.688. The van der Waals surface area contributed by atoms with Crippen molar-refractivity contribution >= 4 is 13.3 Å². The molecule has 0 saturated carbocycles. The van der Waals surface area contributed by atoms with Gasteiger partial charge in [0, 0.05) is 16.8 Å². The van der Waals surface area contributed by atoms with Crippen LogP contribution in [0.5, 0.6) is 0 Å². The molecule has 0 spiro atoms. The number of pyridine rings is 1. The van der Waals surface area contributed by atoms with Crippen molar-refractivity contribution in [2.24, 2.45) is 13.0 Å². The van der Waals surface area contributed by atoms with E-state index >= 15 is 0 Å². The highest BCUT2D eigenvalue weighted by Gasteiger charge is 2.26. The molecule has 1 aromatic carbocycles. The predicted octanol–water partition coefficient (Wildman–Crippen LogP) is 4.23. The van der Waals surface area contributed by atoms with Crippen LogP contribution in [-0.4, -0.2) is 8.07 Å². The fourth-order valence-electron chi connectivity index (χ4n) is 3.10. The molecule has 0 amide bonds. The van der Waals surface area contributed by atoms with E-state index in [1.807, 2.05) is 0 Å². The summed E-state index contributed by atoms with van der Waals surface area (Å²) < 4.78 is 2.32. The third-order valence-corrected chi connectivity index (χ3v) is 6.28. The number of rotatable bonds is 4. The summed E-state index contributed by atoms with van der Waals surface area (Å²) in [7, 11) is 0.851. The second kappa shape index (κ2) is 6.37. The van der Waals surface area contributed by atoms with Crippen LogP contribution in [-0.2, 0) is 13.5 Å². The molecule has 0 aliphatic carbocycles. The summed E-state index contributed by atoms with van der Waals surface area (Å²) in [6, 6.07) is 11.1. The van der Waals surface area contributed by atoms with Gasteiger partial charge in [-0.15, -0.1) is 0 Å². The zero-order valence-electron chi connectivity index (χ0n) is 15.2. The first kappa shape index (κ1) is 16.9. The van der Waals surface area contributed by atoms with E-state index < -0.39 is 8.07 Å². The van der Waals surface area contributed by atoms with E-state index in [-0.39, 0.29) is 0 Å². The van der Waals surface area contributed by atoms with Crippen molar-refractivity contribution in [1.82, 2.24) is 0 Å². The molecule has 2 rings (SSSR count). The van der Waals surface area contributed by atoms with E-state index in [1.54, 1.807) is 10.8 Å². The smallest absolute Gasteiger partial charge is 0.201 e. The Morgan fingerprint density at radius 1 is 1.09 bits per heavy atom. The minimum absolute atomic E-state index is 0.688. The van der Waals surface area contributed by atoms with Crippen LogP contribution in [0.1, 0.15) is 25.0 Å². The molecule has 0 unspecified atom stereocenters. The lowest BCUT2D eigenvalue weighted by Gasteiger charge is -2.21. The van der Waals surface area contributed by atoms with Gasteiger partial charge in [0.05, 0.1) is 8.07 Å². The van der Waals surface area contributed by atoms with E-state index in [4.69, 9.17) is 0 Å². The van der Waals surface area contributed by atoms with E-state index in [2.05, 4.69) is 88.6 Å². The van der Waals surface area contributed by atoms with Gasteiger partial charge in [0.15, 0.2) is 6.20 Å². The Labute approximate surface area is 137 Å². The molecule has 1 heterocycles. The fourth-order valence-corrected chi connectivity index (χ4v) is 4.82. The first-order valence-electron chi connectivity index (χ1n) is 8.29. The molecule has 0 bridgehead atoms. The van der Waals surface area contributed by atoms with Crippen molar-refractivity contribution in [1.29, 1.82) is 0 Å². The average molecular weight is 313 g/mol. The quantitative estimate of drug-likeness (QED) is 0.587. The molecule has 0 aliphatic rings. The fraction of sp³-hybridized carbons (Fsp3) is 0.450. The molecule has 0 radical (unpaired) electrons. The maximum absolute atomic E-state index is 2.44. The molecular formula is C20H30NSi+. The summed E-state index contributed by atoms with van der Waals surface area (Å²) in [6.07, 6.45) is 3.56. The zero-order chi connectivity index (χ0) is 16.5. The average Bonchev–Trinajstić information content (AvgIpc) is 2.39. The van der Waals surface area contributed by atoms with Gasteiger partial charge in [-0.25, -0.2) is 4.57 Å². The lowest BCUT2D eigenvalue weighted by atomic mass is 9.99. The van der Waals surface area contributed by atoms with Gasteiger partial charge in [-0.3, -0.25) is 0 Å². The molecule has 2 aromatic rings. The standard InChI is InChI=1S/C20H30NSi/c1-15(2)12-17-13-19(18-11-9-8-10-16(18)3)21(4)14-20(17)22(5,6)7/h8-11,13-15H,12H2,1-7H3/q+1. The van der Waals surface area contributed by atoms with Gasteiger partial charge >= 0.3 is 0 Å². The minimum Gasteiger partial charge on any atom is -0.201 e. The normalized spacial score (nSPS) is 12.0. The molecule has 0 aliphatic heterocycles. The van der Waals surface area contributed by atoms with Gasteiger partial charge in [-0.2, -0.15) is 0 Å². The first-order valence-corrected chi connectivity index (χ1v) is 11.8. The number of hydrogen-bond acceptors (Lipinski definition) is 0. The van der Waals surface area contributed by atoms with Gasteiger partial charge in [0.25, 0.3) is 0 Å². The first-order chi connectivity index (χ1) is 10.2. The molecule has 118 valence electrons. The summed E-state index contributed by atoms with van der Waals surface area (Å²) >= 11 is 0. The number of nitrogens with zero attached hydrogens (tertiary/aromatic N) is 1. The van der Waals surface area contributed by atoms with Crippen LogP contribution in [0.3, 0.4) is 0 Å². The SMILES string of the molecule is Cc1ccccc1-c1cc(CC(C)C)c([Si](C)(C)C)c[n+]1C. The maximum atomic E-state index is 2.44. The van der Waals surface area contributed by atoms with Crippen LogP contribution in [0.4, 0.5) is 0 Å². The second-order valence-electron chi connectivity index (χ2n) is 7.87. The predicted molar refractivity (Wildman–Crippen MR) is 99.3 cm³/mol. The van der Waals surface area contributed by atoms with Crippen LogP contribution in [0.2, 0.25) is 19.6 Å². The topological polar surface area (TPSA) is 3.88 Å². The second-order valence-corrected chi connectivity index (χ2v) is 12.9. The lowest BCUT2D eigenvalue weighted by Crippen LogP contribution is -2.47. The largest absolute Gasteiger partial charge is 0.212 e. The Hall–Kier alpha value is -1.41. The van der Waals surface area contributed by atoms with E-state index in [1.165, 1.54) is 23.2 Å². The van der Waals surface area contributed by atoms with Gasteiger partial charge < -0.3 is 0 Å².